The average molecular weight is 220 g/mol. The number of hydrogen-bond donors (Lipinski definition) is 1. The van der Waals surface area contributed by atoms with Crippen molar-refractivity contribution in [3.8, 4) is 0 Å². The lowest BCUT2D eigenvalue weighted by Crippen LogP contribution is -2.15. The maximum absolute atomic E-state index is 5.63. The molecule has 74 valence electrons. The van der Waals surface area contributed by atoms with E-state index >= 15 is 0 Å². The Morgan fingerprint density at radius 2 is 2.38 bits per heavy atom. The van der Waals surface area contributed by atoms with E-state index in [1.807, 2.05) is 24.8 Å². The molecule has 0 spiro atoms. The summed E-state index contributed by atoms with van der Waals surface area (Å²) < 4.78 is 5.20. The second kappa shape index (κ2) is 5.58. The third kappa shape index (κ3) is 4.60. The lowest BCUT2D eigenvalue weighted by molar-refractivity contribution is 0.532. The van der Waals surface area contributed by atoms with Crippen molar-refractivity contribution in [1.82, 2.24) is 0 Å². The predicted molar refractivity (Wildman–Crippen MR) is 58.1 cm³/mol. The van der Waals surface area contributed by atoms with E-state index in [4.69, 9.17) is 21.8 Å². The molecule has 1 rings (SSSR count). The average Bonchev–Trinajstić information content (AvgIpc) is 2.45. The van der Waals surface area contributed by atoms with Crippen LogP contribution in [0.3, 0.4) is 0 Å². The Morgan fingerprint density at radius 1 is 1.62 bits per heavy atom. The first-order valence-electron chi connectivity index (χ1n) is 4.26. The minimum absolute atomic E-state index is 0.285. The fraction of sp³-hybridized carbons (Fsp3) is 0.556. The molecule has 0 aromatic carbocycles. The summed E-state index contributed by atoms with van der Waals surface area (Å²) in [4.78, 5) is 0. The number of thioether (sulfide) groups is 1. The molecule has 13 heavy (non-hydrogen) atoms. The normalized spacial score (nSPS) is 13.2. The number of hydrogen-bond acceptors (Lipinski definition) is 3. The van der Waals surface area contributed by atoms with Crippen molar-refractivity contribution < 1.29 is 4.42 Å². The van der Waals surface area contributed by atoms with Crippen LogP contribution in [0, 0.1) is 0 Å². The van der Waals surface area contributed by atoms with Crippen molar-refractivity contribution in [3.05, 3.63) is 23.1 Å². The molecule has 1 aromatic rings. The van der Waals surface area contributed by atoms with E-state index in [1.54, 1.807) is 6.07 Å². The Labute approximate surface area is 87.8 Å². The lowest BCUT2D eigenvalue weighted by Gasteiger charge is -2.02. The molecular weight excluding hydrogens is 206 g/mol. The molecule has 0 radical (unpaired) electrons. The van der Waals surface area contributed by atoms with Crippen molar-refractivity contribution in [2.45, 2.75) is 25.1 Å². The fourth-order valence-corrected chi connectivity index (χ4v) is 2.07. The van der Waals surface area contributed by atoms with Crippen LogP contribution >= 0.6 is 23.4 Å². The highest BCUT2D eigenvalue weighted by molar-refractivity contribution is 7.98. The summed E-state index contributed by atoms with van der Waals surface area (Å²) in [5, 5.41) is 0.461. The van der Waals surface area contributed by atoms with Crippen LogP contribution in [0.4, 0.5) is 0 Å². The van der Waals surface area contributed by atoms with Gasteiger partial charge >= 0.3 is 0 Å². The smallest absolute Gasteiger partial charge is 0.193 e. The second-order valence-electron chi connectivity index (χ2n) is 3.02. The van der Waals surface area contributed by atoms with Gasteiger partial charge in [-0.3, -0.25) is 0 Å². The fourth-order valence-electron chi connectivity index (χ4n) is 0.871. The van der Waals surface area contributed by atoms with E-state index in [-0.39, 0.29) is 6.04 Å². The van der Waals surface area contributed by atoms with Gasteiger partial charge in [-0.25, -0.2) is 0 Å². The zero-order valence-electron chi connectivity index (χ0n) is 7.63. The van der Waals surface area contributed by atoms with Gasteiger partial charge in [0, 0.05) is 6.04 Å². The van der Waals surface area contributed by atoms with Gasteiger partial charge in [0.25, 0.3) is 0 Å². The summed E-state index contributed by atoms with van der Waals surface area (Å²) in [6.07, 6.45) is 1.04. The first-order chi connectivity index (χ1) is 6.18. The number of rotatable bonds is 5. The monoisotopic (exact) mass is 219 g/mol. The molecule has 1 aromatic heterocycles. The van der Waals surface area contributed by atoms with E-state index in [0.29, 0.717) is 5.22 Å². The summed E-state index contributed by atoms with van der Waals surface area (Å²) in [7, 11) is 0. The van der Waals surface area contributed by atoms with E-state index in [2.05, 4.69) is 0 Å². The van der Waals surface area contributed by atoms with Crippen LogP contribution in [0.1, 0.15) is 19.1 Å². The van der Waals surface area contributed by atoms with Crippen LogP contribution in [-0.4, -0.2) is 11.8 Å². The Bertz CT molecular complexity index is 250. The Balaban J connectivity index is 2.13. The van der Waals surface area contributed by atoms with Gasteiger partial charge in [-0.2, -0.15) is 11.8 Å². The minimum atomic E-state index is 0.285. The Morgan fingerprint density at radius 3 is 2.92 bits per heavy atom. The van der Waals surface area contributed by atoms with Crippen LogP contribution in [0.5, 0.6) is 0 Å². The van der Waals surface area contributed by atoms with Gasteiger partial charge in [-0.05, 0) is 42.8 Å². The quantitative estimate of drug-likeness (QED) is 0.775. The molecule has 0 saturated heterocycles. The largest absolute Gasteiger partial charge is 0.449 e. The van der Waals surface area contributed by atoms with Crippen LogP contribution in [0.25, 0.3) is 0 Å². The first-order valence-corrected chi connectivity index (χ1v) is 5.79. The molecule has 0 amide bonds. The molecule has 1 heterocycles. The summed E-state index contributed by atoms with van der Waals surface area (Å²) in [6.45, 7) is 2.02. The molecule has 0 aliphatic carbocycles. The van der Waals surface area contributed by atoms with E-state index < -0.39 is 0 Å². The minimum Gasteiger partial charge on any atom is -0.449 e. The number of furan rings is 1. The molecule has 1 unspecified atom stereocenters. The molecule has 4 heteroatoms. The maximum atomic E-state index is 5.63. The summed E-state index contributed by atoms with van der Waals surface area (Å²) >= 11 is 7.44. The van der Waals surface area contributed by atoms with Crippen molar-refractivity contribution in [2.75, 3.05) is 5.75 Å². The molecule has 2 nitrogen and oxygen atoms in total. The zero-order chi connectivity index (χ0) is 9.68. The molecular formula is C9H14ClNOS. The number of halogens is 1. The summed E-state index contributed by atoms with van der Waals surface area (Å²) in [6, 6.07) is 3.96. The lowest BCUT2D eigenvalue weighted by atomic mass is 10.3. The molecule has 0 aliphatic heterocycles. The predicted octanol–water partition coefficient (Wildman–Crippen LogP) is 2.90. The SMILES string of the molecule is CC(N)CCSCc1ccc(Cl)o1. The third-order valence-corrected chi connectivity index (χ3v) is 2.81. The third-order valence-electron chi connectivity index (χ3n) is 1.59. The summed E-state index contributed by atoms with van der Waals surface area (Å²) in [5.74, 6) is 2.87. The van der Waals surface area contributed by atoms with Crippen molar-refractivity contribution in [3.63, 3.8) is 0 Å². The van der Waals surface area contributed by atoms with Gasteiger partial charge in [0.1, 0.15) is 5.76 Å². The highest BCUT2D eigenvalue weighted by atomic mass is 35.5. The van der Waals surface area contributed by atoms with E-state index in [1.165, 1.54) is 0 Å². The Hall–Kier alpha value is -0.120. The zero-order valence-corrected chi connectivity index (χ0v) is 9.20. The van der Waals surface area contributed by atoms with Gasteiger partial charge in [-0.1, -0.05) is 0 Å². The van der Waals surface area contributed by atoms with E-state index in [9.17, 15) is 0 Å². The maximum Gasteiger partial charge on any atom is 0.193 e. The van der Waals surface area contributed by atoms with Crippen LogP contribution in [0.2, 0.25) is 5.22 Å². The van der Waals surface area contributed by atoms with Gasteiger partial charge in [0.15, 0.2) is 5.22 Å². The van der Waals surface area contributed by atoms with Crippen LogP contribution in [0.15, 0.2) is 16.5 Å². The van der Waals surface area contributed by atoms with Gasteiger partial charge in [0.2, 0.25) is 0 Å². The number of nitrogens with two attached hydrogens (primary N) is 1. The van der Waals surface area contributed by atoms with Crippen LogP contribution < -0.4 is 5.73 Å². The van der Waals surface area contributed by atoms with Crippen LogP contribution in [-0.2, 0) is 5.75 Å². The second-order valence-corrected chi connectivity index (χ2v) is 4.50. The standard InChI is InChI=1S/C9H14ClNOS/c1-7(11)4-5-13-6-8-2-3-9(10)12-8/h2-3,7H,4-6,11H2,1H3. The van der Waals surface area contributed by atoms with E-state index in [0.717, 1.165) is 23.7 Å². The van der Waals surface area contributed by atoms with Gasteiger partial charge in [-0.15, -0.1) is 0 Å². The van der Waals surface area contributed by atoms with Crippen molar-refractivity contribution >= 4 is 23.4 Å². The molecule has 0 saturated carbocycles. The highest BCUT2D eigenvalue weighted by Crippen LogP contribution is 2.18. The summed E-state index contributed by atoms with van der Waals surface area (Å²) in [5.41, 5.74) is 5.62. The van der Waals surface area contributed by atoms with Crippen molar-refractivity contribution in [1.29, 1.82) is 0 Å². The first kappa shape index (κ1) is 11.0. The van der Waals surface area contributed by atoms with Gasteiger partial charge in [0.05, 0.1) is 5.75 Å². The molecule has 0 fully saturated rings. The highest BCUT2D eigenvalue weighted by Gasteiger charge is 2.00. The van der Waals surface area contributed by atoms with Crippen molar-refractivity contribution in [2.24, 2.45) is 5.73 Å². The topological polar surface area (TPSA) is 39.2 Å². The molecule has 1 atom stereocenters. The Kier molecular flexibility index (Phi) is 4.70. The molecule has 2 N–H and O–H groups in total. The molecule has 0 aliphatic rings. The van der Waals surface area contributed by atoms with Gasteiger partial charge < -0.3 is 10.2 Å². The molecule has 0 bridgehead atoms.